The molecule has 22 heavy (non-hydrogen) atoms. The van der Waals surface area contributed by atoms with E-state index in [4.69, 9.17) is 4.42 Å². The Morgan fingerprint density at radius 3 is 2.55 bits per heavy atom. The first-order valence-electron chi connectivity index (χ1n) is 7.03. The Morgan fingerprint density at radius 1 is 1.09 bits per heavy atom. The molecule has 5 nitrogen and oxygen atoms in total. The quantitative estimate of drug-likeness (QED) is 0.802. The molecule has 5 heteroatoms. The van der Waals surface area contributed by atoms with E-state index in [2.05, 4.69) is 10.3 Å². The average molecular weight is 295 g/mol. The monoisotopic (exact) mass is 295 g/mol. The molecule has 0 fully saturated rings. The SMILES string of the molecule is CN(C)c1ccc(CNc2nc3ccccc3c(=O)o2)cc1. The molecular weight excluding hydrogens is 278 g/mol. The van der Waals surface area contributed by atoms with Crippen molar-refractivity contribution in [2.24, 2.45) is 0 Å². The van der Waals surface area contributed by atoms with Crippen LogP contribution in [0.15, 0.2) is 57.7 Å². The van der Waals surface area contributed by atoms with Crippen LogP contribution in [0.25, 0.3) is 10.9 Å². The number of para-hydroxylation sites is 1. The lowest BCUT2D eigenvalue weighted by molar-refractivity contribution is 0.516. The van der Waals surface area contributed by atoms with Crippen molar-refractivity contribution >= 4 is 22.6 Å². The minimum absolute atomic E-state index is 0.236. The summed E-state index contributed by atoms with van der Waals surface area (Å²) < 4.78 is 5.19. The molecule has 2 aromatic carbocycles. The van der Waals surface area contributed by atoms with Crippen LogP contribution < -0.4 is 15.8 Å². The molecule has 0 aliphatic heterocycles. The molecule has 3 aromatic rings. The second-order valence-electron chi connectivity index (χ2n) is 5.24. The zero-order chi connectivity index (χ0) is 15.5. The largest absolute Gasteiger partial charge is 0.389 e. The van der Waals surface area contributed by atoms with Gasteiger partial charge in [-0.3, -0.25) is 0 Å². The third-order valence-corrected chi connectivity index (χ3v) is 3.43. The summed E-state index contributed by atoms with van der Waals surface area (Å²) in [7, 11) is 4.00. The van der Waals surface area contributed by atoms with Crippen LogP contribution in [-0.4, -0.2) is 19.1 Å². The van der Waals surface area contributed by atoms with Gasteiger partial charge in [-0.05, 0) is 29.8 Å². The van der Waals surface area contributed by atoms with Crippen molar-refractivity contribution in [2.45, 2.75) is 6.54 Å². The van der Waals surface area contributed by atoms with Gasteiger partial charge in [0.15, 0.2) is 0 Å². The van der Waals surface area contributed by atoms with Crippen molar-refractivity contribution in [3.05, 3.63) is 64.5 Å². The van der Waals surface area contributed by atoms with Crippen LogP contribution in [-0.2, 0) is 6.54 Å². The second-order valence-corrected chi connectivity index (χ2v) is 5.24. The Bertz CT molecular complexity index is 838. The topological polar surface area (TPSA) is 58.4 Å². The number of hydrogen-bond acceptors (Lipinski definition) is 5. The number of nitrogens with one attached hydrogen (secondary N) is 1. The third kappa shape index (κ3) is 2.93. The van der Waals surface area contributed by atoms with Crippen molar-refractivity contribution in [3.8, 4) is 0 Å². The van der Waals surface area contributed by atoms with Crippen molar-refractivity contribution in [1.29, 1.82) is 0 Å². The van der Waals surface area contributed by atoms with Gasteiger partial charge in [0.1, 0.15) is 0 Å². The molecular formula is C17H17N3O2. The first-order valence-corrected chi connectivity index (χ1v) is 7.03. The minimum Gasteiger partial charge on any atom is -0.389 e. The van der Waals surface area contributed by atoms with Crippen LogP contribution in [0.1, 0.15) is 5.56 Å². The molecule has 0 atom stereocenters. The van der Waals surface area contributed by atoms with Crippen LogP contribution in [0.5, 0.6) is 0 Å². The Balaban J connectivity index is 1.77. The number of benzene rings is 2. The van der Waals surface area contributed by atoms with E-state index in [1.165, 1.54) is 0 Å². The first kappa shape index (κ1) is 14.1. The number of rotatable bonds is 4. The van der Waals surface area contributed by atoms with E-state index in [9.17, 15) is 4.79 Å². The lowest BCUT2D eigenvalue weighted by Gasteiger charge is -2.12. The summed E-state index contributed by atoms with van der Waals surface area (Å²) in [5.74, 6) is 0. The Labute approximate surface area is 128 Å². The molecule has 1 aromatic heterocycles. The molecule has 0 unspecified atom stereocenters. The maximum atomic E-state index is 11.9. The highest BCUT2D eigenvalue weighted by molar-refractivity contribution is 5.77. The van der Waals surface area contributed by atoms with Gasteiger partial charge in [-0.1, -0.05) is 24.3 Å². The molecule has 112 valence electrons. The summed E-state index contributed by atoms with van der Waals surface area (Å²) in [6.07, 6.45) is 0. The average Bonchev–Trinajstić information content (AvgIpc) is 2.53. The van der Waals surface area contributed by atoms with Gasteiger partial charge in [-0.15, -0.1) is 0 Å². The van der Waals surface area contributed by atoms with Crippen LogP contribution in [0.3, 0.4) is 0 Å². The molecule has 0 amide bonds. The van der Waals surface area contributed by atoms with E-state index >= 15 is 0 Å². The zero-order valence-electron chi connectivity index (χ0n) is 12.5. The normalized spacial score (nSPS) is 10.6. The molecule has 1 N–H and O–H groups in total. The summed E-state index contributed by atoms with van der Waals surface area (Å²) in [4.78, 5) is 18.2. The summed E-state index contributed by atoms with van der Waals surface area (Å²) in [5, 5.41) is 3.54. The van der Waals surface area contributed by atoms with Gasteiger partial charge in [-0.25, -0.2) is 4.79 Å². The highest BCUT2D eigenvalue weighted by atomic mass is 16.4. The van der Waals surface area contributed by atoms with Gasteiger partial charge < -0.3 is 14.6 Å². The summed E-state index contributed by atoms with van der Waals surface area (Å²) in [6, 6.07) is 15.5. The zero-order valence-corrected chi connectivity index (χ0v) is 12.5. The van der Waals surface area contributed by atoms with Crippen molar-refractivity contribution < 1.29 is 4.42 Å². The van der Waals surface area contributed by atoms with Gasteiger partial charge in [-0.2, -0.15) is 4.98 Å². The van der Waals surface area contributed by atoms with Gasteiger partial charge in [0.05, 0.1) is 10.9 Å². The summed E-state index contributed by atoms with van der Waals surface area (Å²) in [6.45, 7) is 0.544. The van der Waals surface area contributed by atoms with E-state index in [0.717, 1.165) is 11.3 Å². The number of nitrogens with zero attached hydrogens (tertiary/aromatic N) is 2. The third-order valence-electron chi connectivity index (χ3n) is 3.43. The molecule has 0 spiro atoms. The molecule has 0 saturated carbocycles. The Hall–Kier alpha value is -2.82. The van der Waals surface area contributed by atoms with Gasteiger partial charge in [0.2, 0.25) is 0 Å². The minimum atomic E-state index is -0.379. The maximum Gasteiger partial charge on any atom is 0.348 e. The van der Waals surface area contributed by atoms with Crippen LogP contribution >= 0.6 is 0 Å². The molecule has 0 aliphatic carbocycles. The Kier molecular flexibility index (Phi) is 3.78. The highest BCUT2D eigenvalue weighted by Crippen LogP contribution is 2.14. The van der Waals surface area contributed by atoms with Gasteiger partial charge in [0.25, 0.3) is 6.01 Å². The number of anilines is 2. The molecule has 0 radical (unpaired) electrons. The van der Waals surface area contributed by atoms with E-state index in [-0.39, 0.29) is 11.6 Å². The molecule has 0 bridgehead atoms. The van der Waals surface area contributed by atoms with E-state index in [1.807, 2.05) is 49.3 Å². The van der Waals surface area contributed by atoms with Gasteiger partial charge in [0, 0.05) is 26.3 Å². The number of aromatic nitrogens is 1. The van der Waals surface area contributed by atoms with E-state index in [1.54, 1.807) is 18.2 Å². The van der Waals surface area contributed by atoms with Crippen LogP contribution in [0, 0.1) is 0 Å². The van der Waals surface area contributed by atoms with E-state index in [0.29, 0.717) is 17.4 Å². The molecule has 0 saturated heterocycles. The predicted molar refractivity (Wildman–Crippen MR) is 88.4 cm³/mol. The number of fused-ring (bicyclic) bond motifs is 1. The lowest BCUT2D eigenvalue weighted by Crippen LogP contribution is -2.09. The molecule has 3 rings (SSSR count). The van der Waals surface area contributed by atoms with Crippen molar-refractivity contribution in [3.63, 3.8) is 0 Å². The fraction of sp³-hybridized carbons (Fsp3) is 0.176. The standard InChI is InChI=1S/C17H17N3O2/c1-20(2)13-9-7-12(8-10-13)11-18-17-19-15-6-4-3-5-14(15)16(21)22-17/h3-10H,11H2,1-2H3,(H,18,19). The van der Waals surface area contributed by atoms with Crippen molar-refractivity contribution in [2.75, 3.05) is 24.3 Å². The first-order chi connectivity index (χ1) is 10.6. The molecule has 0 aliphatic rings. The highest BCUT2D eigenvalue weighted by Gasteiger charge is 2.05. The second kappa shape index (κ2) is 5.89. The summed E-state index contributed by atoms with van der Waals surface area (Å²) in [5.41, 5.74) is 2.47. The van der Waals surface area contributed by atoms with Crippen LogP contribution in [0.4, 0.5) is 11.7 Å². The summed E-state index contributed by atoms with van der Waals surface area (Å²) >= 11 is 0. The number of hydrogen-bond donors (Lipinski definition) is 1. The fourth-order valence-electron chi connectivity index (χ4n) is 2.18. The smallest absolute Gasteiger partial charge is 0.348 e. The maximum absolute atomic E-state index is 11.9. The van der Waals surface area contributed by atoms with Gasteiger partial charge >= 0.3 is 5.63 Å². The van der Waals surface area contributed by atoms with E-state index < -0.39 is 0 Å². The van der Waals surface area contributed by atoms with Crippen LogP contribution in [0.2, 0.25) is 0 Å². The predicted octanol–water partition coefficient (Wildman–Crippen LogP) is 2.87. The van der Waals surface area contributed by atoms with Crippen molar-refractivity contribution in [1.82, 2.24) is 4.98 Å². The molecule has 1 heterocycles. The fourth-order valence-corrected chi connectivity index (χ4v) is 2.18. The Morgan fingerprint density at radius 2 is 1.82 bits per heavy atom. The lowest BCUT2D eigenvalue weighted by atomic mass is 10.2.